The maximum Gasteiger partial charge on any atom is 0.240 e. The molecule has 0 bridgehead atoms. The zero-order valence-corrected chi connectivity index (χ0v) is 11.5. The molecule has 1 aliphatic carbocycles. The summed E-state index contributed by atoms with van der Waals surface area (Å²) < 4.78 is 26.9. The van der Waals surface area contributed by atoms with Crippen LogP contribution in [0.2, 0.25) is 0 Å². The Balaban J connectivity index is 2.22. The van der Waals surface area contributed by atoms with Gasteiger partial charge in [-0.15, -0.1) is 0 Å². The van der Waals surface area contributed by atoms with Crippen molar-refractivity contribution in [2.75, 3.05) is 13.2 Å². The lowest BCUT2D eigenvalue weighted by Gasteiger charge is -2.14. The van der Waals surface area contributed by atoms with Gasteiger partial charge in [-0.3, -0.25) is 0 Å². The maximum atomic E-state index is 12.2. The van der Waals surface area contributed by atoms with Gasteiger partial charge in [0, 0.05) is 18.6 Å². The molecule has 2 rings (SSSR count). The molecule has 5 nitrogen and oxygen atoms in total. The molecular weight excluding hydrogens is 264 g/mol. The Kier molecular flexibility index (Phi) is 3.63. The van der Waals surface area contributed by atoms with Crippen LogP contribution in [0.5, 0.6) is 0 Å². The van der Waals surface area contributed by atoms with Crippen LogP contribution in [0, 0.1) is 23.7 Å². The first kappa shape index (κ1) is 14.0. The van der Waals surface area contributed by atoms with Gasteiger partial charge in [0.1, 0.15) is 0 Å². The average Bonchev–Trinajstić information content (AvgIpc) is 3.18. The number of benzene rings is 1. The van der Waals surface area contributed by atoms with Gasteiger partial charge in [-0.1, -0.05) is 6.07 Å². The van der Waals surface area contributed by atoms with Crippen molar-refractivity contribution in [1.29, 1.82) is 5.26 Å². The normalized spacial score (nSPS) is 16.9. The molecule has 102 valence electrons. The molecule has 0 aliphatic heterocycles. The third-order valence-corrected chi connectivity index (χ3v) is 5.08. The number of rotatable bonds is 5. The van der Waals surface area contributed by atoms with E-state index in [-0.39, 0.29) is 23.5 Å². The Hall–Kier alpha value is -1.42. The second kappa shape index (κ2) is 4.93. The lowest BCUT2D eigenvalue weighted by Crippen LogP contribution is -2.32. The lowest BCUT2D eigenvalue weighted by molar-refractivity contribution is 0.213. The van der Waals surface area contributed by atoms with E-state index < -0.39 is 10.0 Å². The summed E-state index contributed by atoms with van der Waals surface area (Å²) >= 11 is 0. The van der Waals surface area contributed by atoms with Crippen molar-refractivity contribution in [1.82, 2.24) is 4.72 Å². The van der Waals surface area contributed by atoms with Crippen molar-refractivity contribution < 1.29 is 13.5 Å². The van der Waals surface area contributed by atoms with Crippen molar-refractivity contribution in [3.8, 4) is 6.07 Å². The van der Waals surface area contributed by atoms with E-state index in [4.69, 9.17) is 5.26 Å². The molecule has 0 radical (unpaired) electrons. The predicted octanol–water partition coefficient (Wildman–Crippen LogP) is 0.917. The van der Waals surface area contributed by atoms with E-state index in [1.165, 1.54) is 6.07 Å². The molecule has 1 aromatic rings. The number of aliphatic hydroxyl groups excluding tert-OH is 1. The van der Waals surface area contributed by atoms with Crippen LogP contribution in [0.15, 0.2) is 23.1 Å². The Labute approximate surface area is 112 Å². The minimum atomic E-state index is -3.64. The summed E-state index contributed by atoms with van der Waals surface area (Å²) in [6, 6.07) is 6.51. The Morgan fingerprint density at radius 2 is 2.16 bits per heavy atom. The third kappa shape index (κ3) is 2.95. The zero-order valence-electron chi connectivity index (χ0n) is 10.7. The Morgan fingerprint density at radius 1 is 1.47 bits per heavy atom. The van der Waals surface area contributed by atoms with Gasteiger partial charge in [-0.2, -0.15) is 5.26 Å². The molecule has 1 fully saturated rings. The van der Waals surface area contributed by atoms with Crippen LogP contribution < -0.4 is 4.72 Å². The Morgan fingerprint density at radius 3 is 2.68 bits per heavy atom. The molecule has 2 N–H and O–H groups in total. The quantitative estimate of drug-likeness (QED) is 0.839. The van der Waals surface area contributed by atoms with Crippen molar-refractivity contribution in [3.05, 3.63) is 29.3 Å². The number of nitriles is 1. The van der Waals surface area contributed by atoms with Crippen LogP contribution in [0.4, 0.5) is 0 Å². The second-order valence-corrected chi connectivity index (χ2v) is 6.81. The van der Waals surface area contributed by atoms with Gasteiger partial charge in [-0.05, 0) is 37.5 Å². The highest BCUT2D eigenvalue weighted by Crippen LogP contribution is 2.44. The molecule has 19 heavy (non-hydrogen) atoms. The van der Waals surface area contributed by atoms with E-state index in [0.29, 0.717) is 11.1 Å². The average molecular weight is 280 g/mol. The molecule has 1 aromatic carbocycles. The topological polar surface area (TPSA) is 90.2 Å². The number of aryl methyl sites for hydroxylation is 1. The molecular formula is C13H16N2O3S. The smallest absolute Gasteiger partial charge is 0.240 e. The third-order valence-electron chi connectivity index (χ3n) is 3.54. The molecule has 0 aromatic heterocycles. The first-order chi connectivity index (χ1) is 8.92. The van der Waals surface area contributed by atoms with Gasteiger partial charge < -0.3 is 5.11 Å². The van der Waals surface area contributed by atoms with Crippen LogP contribution >= 0.6 is 0 Å². The molecule has 0 amide bonds. The van der Waals surface area contributed by atoms with Crippen molar-refractivity contribution in [2.24, 2.45) is 5.41 Å². The minimum absolute atomic E-state index is 0.00720. The molecule has 0 heterocycles. The van der Waals surface area contributed by atoms with Crippen molar-refractivity contribution >= 4 is 10.0 Å². The summed E-state index contributed by atoms with van der Waals surface area (Å²) in [5, 5.41) is 18.0. The van der Waals surface area contributed by atoms with Gasteiger partial charge in [0.05, 0.1) is 16.5 Å². The largest absolute Gasteiger partial charge is 0.396 e. The van der Waals surface area contributed by atoms with E-state index >= 15 is 0 Å². The SMILES string of the molecule is Cc1ccc(C#N)cc1S(=O)(=O)NCC1(CO)CC1. The Bertz CT molecular complexity index is 628. The number of sulfonamides is 1. The summed E-state index contributed by atoms with van der Waals surface area (Å²) in [6.45, 7) is 1.92. The van der Waals surface area contributed by atoms with Crippen LogP contribution in [0.3, 0.4) is 0 Å². The molecule has 0 unspecified atom stereocenters. The zero-order chi connectivity index (χ0) is 14.1. The standard InChI is InChI=1S/C13H16N2O3S/c1-10-2-3-11(7-14)6-12(10)19(17,18)15-8-13(9-16)4-5-13/h2-3,6,15-16H,4-5,8-9H2,1H3. The maximum absolute atomic E-state index is 12.2. The highest BCUT2D eigenvalue weighted by molar-refractivity contribution is 7.89. The monoisotopic (exact) mass is 280 g/mol. The fraction of sp³-hybridized carbons (Fsp3) is 0.462. The van der Waals surface area contributed by atoms with E-state index in [0.717, 1.165) is 12.8 Å². The van der Waals surface area contributed by atoms with Crippen molar-refractivity contribution in [2.45, 2.75) is 24.7 Å². The molecule has 0 saturated heterocycles. The van der Waals surface area contributed by atoms with E-state index in [2.05, 4.69) is 4.72 Å². The summed E-state index contributed by atoms with van der Waals surface area (Å²) in [6.07, 6.45) is 1.67. The van der Waals surface area contributed by atoms with Crippen LogP contribution in [-0.4, -0.2) is 26.7 Å². The first-order valence-electron chi connectivity index (χ1n) is 6.04. The fourth-order valence-electron chi connectivity index (χ4n) is 1.85. The highest BCUT2D eigenvalue weighted by atomic mass is 32.2. The van der Waals surface area contributed by atoms with Crippen LogP contribution in [0.1, 0.15) is 24.0 Å². The van der Waals surface area contributed by atoms with Gasteiger partial charge in [-0.25, -0.2) is 13.1 Å². The lowest BCUT2D eigenvalue weighted by atomic mass is 10.1. The van der Waals surface area contributed by atoms with E-state index in [9.17, 15) is 13.5 Å². The van der Waals surface area contributed by atoms with Gasteiger partial charge in [0.15, 0.2) is 0 Å². The first-order valence-corrected chi connectivity index (χ1v) is 7.52. The summed E-state index contributed by atoms with van der Waals surface area (Å²) in [4.78, 5) is 0.125. The summed E-state index contributed by atoms with van der Waals surface area (Å²) in [5.74, 6) is 0. The number of nitrogens with zero attached hydrogens (tertiary/aromatic N) is 1. The summed E-state index contributed by atoms with van der Waals surface area (Å²) in [7, 11) is -3.64. The van der Waals surface area contributed by atoms with Crippen LogP contribution in [-0.2, 0) is 10.0 Å². The van der Waals surface area contributed by atoms with E-state index in [1.807, 2.05) is 6.07 Å². The number of hydrogen-bond donors (Lipinski definition) is 2. The summed E-state index contributed by atoms with van der Waals surface area (Å²) in [5.41, 5.74) is 0.628. The molecule has 0 spiro atoms. The number of hydrogen-bond acceptors (Lipinski definition) is 4. The number of nitrogens with one attached hydrogen (secondary N) is 1. The van der Waals surface area contributed by atoms with Gasteiger partial charge >= 0.3 is 0 Å². The predicted molar refractivity (Wildman–Crippen MR) is 69.8 cm³/mol. The van der Waals surface area contributed by atoms with Crippen LogP contribution in [0.25, 0.3) is 0 Å². The highest BCUT2D eigenvalue weighted by Gasteiger charge is 2.42. The van der Waals surface area contributed by atoms with Crippen molar-refractivity contribution in [3.63, 3.8) is 0 Å². The minimum Gasteiger partial charge on any atom is -0.396 e. The van der Waals surface area contributed by atoms with Gasteiger partial charge in [0.2, 0.25) is 10.0 Å². The second-order valence-electron chi connectivity index (χ2n) is 5.07. The van der Waals surface area contributed by atoms with Gasteiger partial charge in [0.25, 0.3) is 0 Å². The fourth-order valence-corrected chi connectivity index (χ4v) is 3.28. The number of aliphatic hydroxyl groups is 1. The molecule has 0 atom stereocenters. The van der Waals surface area contributed by atoms with E-state index in [1.54, 1.807) is 19.1 Å². The molecule has 1 aliphatic rings. The molecule has 1 saturated carbocycles. The molecule has 6 heteroatoms.